The van der Waals surface area contributed by atoms with Crippen LogP contribution in [0.5, 0.6) is 11.5 Å². The molecule has 1 aromatic heterocycles. The zero-order valence-electron chi connectivity index (χ0n) is 14.8. The highest BCUT2D eigenvalue weighted by atomic mass is 35.5. The second-order valence-corrected chi connectivity index (χ2v) is 6.99. The zero-order chi connectivity index (χ0) is 19.6. The van der Waals surface area contributed by atoms with Crippen LogP contribution in [0.2, 0.25) is 5.02 Å². The number of nitrogens with zero attached hydrogens (tertiary/aromatic N) is 1. The predicted molar refractivity (Wildman–Crippen MR) is 105 cm³/mol. The molecule has 0 bridgehead atoms. The highest BCUT2D eigenvalue weighted by Crippen LogP contribution is 2.36. The maximum atomic E-state index is 13.1. The molecule has 3 aromatic rings. The molecule has 0 aliphatic heterocycles. The molecule has 140 valence electrons. The number of amides is 1. The molecule has 2 aromatic carbocycles. The van der Waals surface area contributed by atoms with Crippen LogP contribution in [0.25, 0.3) is 10.6 Å². The Bertz CT molecular complexity index is 989. The first-order valence-corrected chi connectivity index (χ1v) is 9.08. The Morgan fingerprint density at radius 2 is 1.81 bits per heavy atom. The van der Waals surface area contributed by atoms with E-state index in [4.69, 9.17) is 21.1 Å². The summed E-state index contributed by atoms with van der Waals surface area (Å²) in [5, 5.41) is 3.81. The molecule has 0 saturated heterocycles. The van der Waals surface area contributed by atoms with Gasteiger partial charge < -0.3 is 14.8 Å². The molecule has 0 atom stereocenters. The number of anilines is 1. The number of aromatic nitrogens is 1. The fourth-order valence-corrected chi connectivity index (χ4v) is 3.66. The fourth-order valence-electron chi connectivity index (χ4n) is 2.46. The van der Waals surface area contributed by atoms with Crippen molar-refractivity contribution < 1.29 is 18.7 Å². The number of nitrogens with one attached hydrogen (secondary N) is 1. The van der Waals surface area contributed by atoms with Crippen molar-refractivity contribution in [3.63, 3.8) is 0 Å². The number of ether oxygens (including phenoxy) is 2. The molecule has 1 heterocycles. The van der Waals surface area contributed by atoms with Crippen molar-refractivity contribution in [2.75, 3.05) is 19.5 Å². The maximum absolute atomic E-state index is 13.1. The average Bonchev–Trinajstić information content (AvgIpc) is 3.05. The number of hydrogen-bond acceptors (Lipinski definition) is 5. The molecule has 1 N–H and O–H groups in total. The third kappa shape index (κ3) is 4.04. The van der Waals surface area contributed by atoms with Gasteiger partial charge in [0, 0.05) is 17.7 Å². The van der Waals surface area contributed by atoms with E-state index >= 15 is 0 Å². The molecule has 5 nitrogen and oxygen atoms in total. The minimum absolute atomic E-state index is 0.325. The van der Waals surface area contributed by atoms with Crippen LogP contribution in [0.3, 0.4) is 0 Å². The minimum Gasteiger partial charge on any atom is -0.495 e. The van der Waals surface area contributed by atoms with E-state index in [-0.39, 0.29) is 11.7 Å². The Hall–Kier alpha value is -2.64. The molecule has 0 aliphatic rings. The van der Waals surface area contributed by atoms with E-state index in [2.05, 4.69) is 10.3 Å². The lowest BCUT2D eigenvalue weighted by Gasteiger charge is -2.12. The van der Waals surface area contributed by atoms with Gasteiger partial charge in [-0.25, -0.2) is 9.37 Å². The van der Waals surface area contributed by atoms with Gasteiger partial charge in [-0.05, 0) is 31.2 Å². The van der Waals surface area contributed by atoms with Crippen molar-refractivity contribution in [3.05, 3.63) is 57.8 Å². The lowest BCUT2D eigenvalue weighted by atomic mass is 10.2. The number of carbonyl (C=O) groups is 1. The van der Waals surface area contributed by atoms with Crippen LogP contribution in [0.4, 0.5) is 10.1 Å². The maximum Gasteiger partial charge on any atom is 0.267 e. The normalized spacial score (nSPS) is 10.6. The van der Waals surface area contributed by atoms with Crippen LogP contribution in [0.1, 0.15) is 15.4 Å². The molecule has 0 fully saturated rings. The number of benzene rings is 2. The molecule has 27 heavy (non-hydrogen) atoms. The Morgan fingerprint density at radius 3 is 2.44 bits per heavy atom. The summed E-state index contributed by atoms with van der Waals surface area (Å²) in [6, 6.07) is 9.13. The summed E-state index contributed by atoms with van der Waals surface area (Å²) in [5.74, 6) is 0.172. The number of aryl methyl sites for hydroxylation is 1. The van der Waals surface area contributed by atoms with E-state index < -0.39 is 0 Å². The lowest BCUT2D eigenvalue weighted by Crippen LogP contribution is -2.12. The van der Waals surface area contributed by atoms with Crippen molar-refractivity contribution in [1.29, 1.82) is 0 Å². The van der Waals surface area contributed by atoms with Gasteiger partial charge in [-0.3, -0.25) is 4.79 Å². The van der Waals surface area contributed by atoms with Crippen molar-refractivity contribution in [2.45, 2.75) is 6.92 Å². The molecular weight excluding hydrogens is 391 g/mol. The summed E-state index contributed by atoms with van der Waals surface area (Å²) in [5.41, 5.74) is 1.76. The van der Waals surface area contributed by atoms with Crippen LogP contribution in [-0.2, 0) is 0 Å². The van der Waals surface area contributed by atoms with Gasteiger partial charge in [0.05, 0.1) is 30.6 Å². The molecule has 3 rings (SSSR count). The summed E-state index contributed by atoms with van der Waals surface area (Å²) in [6.45, 7) is 1.75. The standard InChI is InChI=1S/C19H16ClFN2O3S/c1-10-17(27-19(22-10)11-4-6-12(21)7-5-11)18(24)23-14-9-15(25-2)13(20)8-16(14)26-3/h4-9H,1-3H3,(H,23,24). The summed E-state index contributed by atoms with van der Waals surface area (Å²) < 4.78 is 23.6. The average molecular weight is 407 g/mol. The largest absolute Gasteiger partial charge is 0.495 e. The van der Waals surface area contributed by atoms with Gasteiger partial charge in [0.1, 0.15) is 27.2 Å². The molecule has 8 heteroatoms. The lowest BCUT2D eigenvalue weighted by molar-refractivity contribution is 0.102. The first kappa shape index (κ1) is 19.1. The second kappa shape index (κ2) is 7.94. The Morgan fingerprint density at radius 1 is 1.15 bits per heavy atom. The van der Waals surface area contributed by atoms with Crippen LogP contribution in [0.15, 0.2) is 36.4 Å². The Kier molecular flexibility index (Phi) is 5.62. The molecule has 0 saturated carbocycles. The van der Waals surface area contributed by atoms with E-state index in [0.717, 1.165) is 5.56 Å². The number of thiazole rings is 1. The van der Waals surface area contributed by atoms with Crippen molar-refractivity contribution >= 4 is 34.5 Å². The van der Waals surface area contributed by atoms with E-state index in [1.165, 1.54) is 37.7 Å². The molecule has 0 spiro atoms. The van der Waals surface area contributed by atoms with Crippen LogP contribution >= 0.6 is 22.9 Å². The molecular formula is C19H16ClFN2O3S. The van der Waals surface area contributed by atoms with Crippen molar-refractivity contribution in [3.8, 4) is 22.1 Å². The zero-order valence-corrected chi connectivity index (χ0v) is 16.4. The SMILES string of the molecule is COc1cc(NC(=O)c2sc(-c3ccc(F)cc3)nc2C)c(OC)cc1Cl. The summed E-state index contributed by atoms with van der Waals surface area (Å²) in [4.78, 5) is 17.6. The summed E-state index contributed by atoms with van der Waals surface area (Å²) in [7, 11) is 2.97. The number of hydrogen-bond donors (Lipinski definition) is 1. The number of rotatable bonds is 5. The van der Waals surface area contributed by atoms with Crippen LogP contribution in [0, 0.1) is 12.7 Å². The van der Waals surface area contributed by atoms with E-state index in [9.17, 15) is 9.18 Å². The smallest absolute Gasteiger partial charge is 0.267 e. The minimum atomic E-state index is -0.332. The fraction of sp³-hybridized carbons (Fsp3) is 0.158. The number of carbonyl (C=O) groups excluding carboxylic acids is 1. The van der Waals surface area contributed by atoms with Crippen molar-refractivity contribution in [2.24, 2.45) is 0 Å². The second-order valence-electron chi connectivity index (χ2n) is 5.58. The Balaban J connectivity index is 1.90. The van der Waals surface area contributed by atoms with Gasteiger partial charge in [0.25, 0.3) is 5.91 Å². The van der Waals surface area contributed by atoms with Crippen LogP contribution in [-0.4, -0.2) is 25.1 Å². The molecule has 1 amide bonds. The third-order valence-corrected chi connectivity index (χ3v) is 5.32. The van der Waals surface area contributed by atoms with Gasteiger partial charge in [-0.15, -0.1) is 11.3 Å². The molecule has 0 radical (unpaired) electrons. The van der Waals surface area contributed by atoms with E-state index in [1.54, 1.807) is 31.2 Å². The first-order chi connectivity index (χ1) is 12.9. The summed E-state index contributed by atoms with van der Waals surface area (Å²) in [6.07, 6.45) is 0. The van der Waals surface area contributed by atoms with E-state index in [0.29, 0.717) is 37.8 Å². The monoisotopic (exact) mass is 406 g/mol. The topological polar surface area (TPSA) is 60.5 Å². The highest BCUT2D eigenvalue weighted by molar-refractivity contribution is 7.17. The quantitative estimate of drug-likeness (QED) is 0.634. The van der Waals surface area contributed by atoms with Crippen molar-refractivity contribution in [1.82, 2.24) is 4.98 Å². The molecule has 0 aliphatic carbocycles. The van der Waals surface area contributed by atoms with Gasteiger partial charge in [0.2, 0.25) is 0 Å². The van der Waals surface area contributed by atoms with Gasteiger partial charge >= 0.3 is 0 Å². The number of halogens is 2. The molecule has 0 unspecified atom stereocenters. The highest BCUT2D eigenvalue weighted by Gasteiger charge is 2.19. The van der Waals surface area contributed by atoms with Gasteiger partial charge in [0.15, 0.2) is 0 Å². The third-order valence-electron chi connectivity index (χ3n) is 3.82. The predicted octanol–water partition coefficient (Wildman–Crippen LogP) is 5.18. The number of methoxy groups -OCH3 is 2. The Labute approximate surface area is 164 Å². The van der Waals surface area contributed by atoms with Gasteiger partial charge in [-0.1, -0.05) is 11.6 Å². The van der Waals surface area contributed by atoms with E-state index in [1.807, 2.05) is 0 Å². The first-order valence-electron chi connectivity index (χ1n) is 7.89. The van der Waals surface area contributed by atoms with Crippen LogP contribution < -0.4 is 14.8 Å². The van der Waals surface area contributed by atoms with Gasteiger partial charge in [-0.2, -0.15) is 0 Å². The summed E-state index contributed by atoms with van der Waals surface area (Å²) >= 11 is 7.32.